The Morgan fingerprint density at radius 1 is 1.42 bits per heavy atom. The van der Waals surface area contributed by atoms with Crippen molar-refractivity contribution in [3.8, 4) is 11.5 Å². The summed E-state index contributed by atoms with van der Waals surface area (Å²) >= 11 is 0. The van der Waals surface area contributed by atoms with Crippen LogP contribution >= 0.6 is 0 Å². The normalized spacial score (nSPS) is 13.4. The molecule has 0 spiro atoms. The van der Waals surface area contributed by atoms with Crippen molar-refractivity contribution in [3.05, 3.63) is 29.8 Å². The molecule has 1 aromatic carbocycles. The van der Waals surface area contributed by atoms with Crippen LogP contribution in [0.1, 0.15) is 5.56 Å². The van der Waals surface area contributed by atoms with Crippen molar-refractivity contribution in [3.63, 3.8) is 0 Å². The maximum atomic E-state index is 5.43. The van der Waals surface area contributed by atoms with Crippen molar-refractivity contribution in [1.29, 1.82) is 0 Å². The fourth-order valence-corrected chi connectivity index (χ4v) is 1.29. The standard InChI is InChI=1S/C10H10O2/c1-11-9-6-2-4-8-5-3-7-12-10(8)9/h2-6H,7H2,1H3. The lowest BCUT2D eigenvalue weighted by atomic mass is 10.1. The molecule has 1 aliphatic heterocycles. The van der Waals surface area contributed by atoms with Gasteiger partial charge < -0.3 is 9.47 Å². The third-order valence-corrected chi connectivity index (χ3v) is 1.85. The predicted octanol–water partition coefficient (Wildman–Crippen LogP) is 2.10. The van der Waals surface area contributed by atoms with E-state index in [9.17, 15) is 0 Å². The molecule has 1 aromatic rings. The summed E-state index contributed by atoms with van der Waals surface area (Å²) in [6, 6.07) is 5.86. The number of fused-ring (bicyclic) bond motifs is 1. The van der Waals surface area contributed by atoms with Gasteiger partial charge in [-0.1, -0.05) is 18.2 Å². The summed E-state index contributed by atoms with van der Waals surface area (Å²) in [5.41, 5.74) is 1.08. The van der Waals surface area contributed by atoms with Crippen LogP contribution in [0.2, 0.25) is 0 Å². The van der Waals surface area contributed by atoms with E-state index in [1.165, 1.54) is 0 Å². The largest absolute Gasteiger partial charge is 0.493 e. The van der Waals surface area contributed by atoms with Crippen LogP contribution in [-0.2, 0) is 0 Å². The molecule has 0 saturated heterocycles. The summed E-state index contributed by atoms with van der Waals surface area (Å²) in [5, 5.41) is 0. The summed E-state index contributed by atoms with van der Waals surface area (Å²) in [7, 11) is 1.65. The van der Waals surface area contributed by atoms with Crippen molar-refractivity contribution in [2.24, 2.45) is 0 Å². The maximum absolute atomic E-state index is 5.43. The molecule has 0 atom stereocenters. The van der Waals surface area contributed by atoms with Crippen molar-refractivity contribution in [1.82, 2.24) is 0 Å². The second kappa shape index (κ2) is 2.89. The molecular formula is C10H10O2. The Bertz CT molecular complexity index is 316. The van der Waals surface area contributed by atoms with E-state index in [0.29, 0.717) is 6.61 Å². The van der Waals surface area contributed by atoms with Crippen LogP contribution < -0.4 is 9.47 Å². The van der Waals surface area contributed by atoms with Crippen molar-refractivity contribution in [2.75, 3.05) is 13.7 Å². The first-order chi connectivity index (χ1) is 5.92. The lowest BCUT2D eigenvalue weighted by Gasteiger charge is -2.14. The lowest BCUT2D eigenvalue weighted by molar-refractivity contribution is 0.323. The quantitative estimate of drug-likeness (QED) is 0.629. The molecule has 2 nitrogen and oxygen atoms in total. The number of rotatable bonds is 1. The third-order valence-electron chi connectivity index (χ3n) is 1.85. The van der Waals surface area contributed by atoms with E-state index >= 15 is 0 Å². The van der Waals surface area contributed by atoms with E-state index in [0.717, 1.165) is 17.1 Å². The van der Waals surface area contributed by atoms with E-state index < -0.39 is 0 Å². The van der Waals surface area contributed by atoms with E-state index in [2.05, 4.69) is 0 Å². The molecule has 0 saturated carbocycles. The van der Waals surface area contributed by atoms with Gasteiger partial charge in [-0.25, -0.2) is 0 Å². The van der Waals surface area contributed by atoms with Crippen LogP contribution in [0.25, 0.3) is 6.08 Å². The van der Waals surface area contributed by atoms with Crippen LogP contribution in [-0.4, -0.2) is 13.7 Å². The molecule has 1 heterocycles. The molecular weight excluding hydrogens is 152 g/mol. The van der Waals surface area contributed by atoms with E-state index in [-0.39, 0.29) is 0 Å². The van der Waals surface area contributed by atoms with E-state index in [1.807, 2.05) is 30.4 Å². The first-order valence-corrected chi connectivity index (χ1v) is 3.88. The zero-order valence-corrected chi connectivity index (χ0v) is 6.91. The Labute approximate surface area is 71.4 Å². The van der Waals surface area contributed by atoms with Crippen LogP contribution in [0.15, 0.2) is 24.3 Å². The second-order valence-corrected chi connectivity index (χ2v) is 2.59. The summed E-state index contributed by atoms with van der Waals surface area (Å²) < 4.78 is 10.6. The highest BCUT2D eigenvalue weighted by Crippen LogP contribution is 2.33. The molecule has 0 radical (unpaired) electrons. The van der Waals surface area contributed by atoms with Crippen LogP contribution in [0, 0.1) is 0 Å². The van der Waals surface area contributed by atoms with Gasteiger partial charge in [-0.2, -0.15) is 0 Å². The predicted molar refractivity (Wildman–Crippen MR) is 47.5 cm³/mol. The van der Waals surface area contributed by atoms with Gasteiger partial charge in [-0.3, -0.25) is 0 Å². The van der Waals surface area contributed by atoms with Crippen molar-refractivity contribution in [2.45, 2.75) is 0 Å². The first-order valence-electron chi connectivity index (χ1n) is 3.88. The van der Waals surface area contributed by atoms with Gasteiger partial charge in [0.15, 0.2) is 11.5 Å². The molecule has 12 heavy (non-hydrogen) atoms. The monoisotopic (exact) mass is 162 g/mol. The van der Waals surface area contributed by atoms with Crippen LogP contribution in [0.3, 0.4) is 0 Å². The molecule has 0 fully saturated rings. The van der Waals surface area contributed by atoms with E-state index in [1.54, 1.807) is 7.11 Å². The van der Waals surface area contributed by atoms with E-state index in [4.69, 9.17) is 9.47 Å². The Morgan fingerprint density at radius 2 is 2.33 bits per heavy atom. The Balaban J connectivity index is 2.53. The Morgan fingerprint density at radius 3 is 3.17 bits per heavy atom. The van der Waals surface area contributed by atoms with Gasteiger partial charge in [0.05, 0.1) is 7.11 Å². The first kappa shape index (κ1) is 7.22. The molecule has 2 rings (SSSR count). The number of hydrogen-bond acceptors (Lipinski definition) is 2. The van der Waals surface area contributed by atoms with Gasteiger partial charge in [-0.05, 0) is 12.1 Å². The summed E-state index contributed by atoms with van der Waals surface area (Å²) in [6.07, 6.45) is 4.03. The Kier molecular flexibility index (Phi) is 1.74. The lowest BCUT2D eigenvalue weighted by Crippen LogP contribution is -2.01. The Hall–Kier alpha value is -1.44. The average molecular weight is 162 g/mol. The number of hydrogen-bond donors (Lipinski definition) is 0. The number of methoxy groups -OCH3 is 1. The van der Waals surface area contributed by atoms with Gasteiger partial charge in [0.2, 0.25) is 0 Å². The van der Waals surface area contributed by atoms with Gasteiger partial charge in [0.25, 0.3) is 0 Å². The molecule has 0 bridgehead atoms. The molecule has 0 aliphatic carbocycles. The molecule has 2 heteroatoms. The molecule has 0 unspecified atom stereocenters. The highest BCUT2D eigenvalue weighted by atomic mass is 16.5. The summed E-state index contributed by atoms with van der Waals surface area (Å²) in [4.78, 5) is 0. The summed E-state index contributed by atoms with van der Waals surface area (Å²) in [6.45, 7) is 0.632. The number of ether oxygens (including phenoxy) is 2. The third kappa shape index (κ3) is 1.05. The molecule has 0 N–H and O–H groups in total. The molecule has 1 aliphatic rings. The molecule has 62 valence electrons. The van der Waals surface area contributed by atoms with Crippen molar-refractivity contribution >= 4 is 6.08 Å². The molecule has 0 aromatic heterocycles. The highest BCUT2D eigenvalue weighted by molar-refractivity contribution is 5.63. The SMILES string of the molecule is COc1cccc2c1OCC=C2. The van der Waals surface area contributed by atoms with Gasteiger partial charge in [0.1, 0.15) is 6.61 Å². The van der Waals surface area contributed by atoms with Crippen LogP contribution in [0.4, 0.5) is 0 Å². The zero-order chi connectivity index (χ0) is 8.39. The highest BCUT2D eigenvalue weighted by Gasteiger charge is 2.09. The maximum Gasteiger partial charge on any atom is 0.168 e. The zero-order valence-electron chi connectivity index (χ0n) is 6.91. The average Bonchev–Trinajstić information content (AvgIpc) is 2.17. The van der Waals surface area contributed by atoms with Gasteiger partial charge >= 0.3 is 0 Å². The smallest absolute Gasteiger partial charge is 0.168 e. The second-order valence-electron chi connectivity index (χ2n) is 2.59. The van der Waals surface area contributed by atoms with Crippen molar-refractivity contribution < 1.29 is 9.47 Å². The minimum atomic E-state index is 0.632. The van der Waals surface area contributed by atoms with Gasteiger partial charge in [0, 0.05) is 5.56 Å². The fraction of sp³-hybridized carbons (Fsp3) is 0.200. The topological polar surface area (TPSA) is 18.5 Å². The minimum Gasteiger partial charge on any atom is -0.493 e. The minimum absolute atomic E-state index is 0.632. The number of para-hydroxylation sites is 1. The summed E-state index contributed by atoms with van der Waals surface area (Å²) in [5.74, 6) is 1.65. The fourth-order valence-electron chi connectivity index (χ4n) is 1.29. The molecule has 0 amide bonds. The number of benzene rings is 1. The van der Waals surface area contributed by atoms with Gasteiger partial charge in [-0.15, -0.1) is 0 Å². The van der Waals surface area contributed by atoms with Crippen LogP contribution in [0.5, 0.6) is 11.5 Å².